The van der Waals surface area contributed by atoms with Gasteiger partial charge in [0.1, 0.15) is 11.5 Å². The fraction of sp³-hybridized carbons (Fsp3) is 0.125. The number of amides is 2. The van der Waals surface area contributed by atoms with Crippen LogP contribution in [-0.2, 0) is 16.1 Å². The van der Waals surface area contributed by atoms with Crippen LogP contribution in [0.5, 0.6) is 0 Å². The van der Waals surface area contributed by atoms with E-state index in [-0.39, 0.29) is 23.7 Å². The van der Waals surface area contributed by atoms with Crippen LogP contribution in [0.3, 0.4) is 0 Å². The van der Waals surface area contributed by atoms with Crippen molar-refractivity contribution < 1.29 is 23.5 Å². The minimum Gasteiger partial charge on any atom is -0.462 e. The van der Waals surface area contributed by atoms with E-state index in [4.69, 9.17) is 9.15 Å². The molecular weight excluding hydrogens is 414 g/mol. The molecule has 1 aromatic heterocycles. The molecule has 0 spiro atoms. The summed E-state index contributed by atoms with van der Waals surface area (Å²) < 4.78 is 10.8. The maximum atomic E-state index is 12.7. The molecule has 4 rings (SSSR count). The van der Waals surface area contributed by atoms with Crippen molar-refractivity contribution in [2.75, 3.05) is 6.61 Å². The quantitative estimate of drug-likeness (QED) is 0.385. The number of benzene rings is 2. The first-order chi connectivity index (χ1) is 15.0. The molecule has 1 aliphatic rings. The minimum atomic E-state index is -0.375. The summed E-state index contributed by atoms with van der Waals surface area (Å²) in [5.41, 5.74) is 2.13. The smallest absolute Gasteiger partial charge is 0.338 e. The SMILES string of the molecule is CCOC(=O)c1ccc(-c2ccc(/C=C3/SC(=O)N(Cc4ccccc4)C3=O)o2)cc1. The number of carbonyl (C=O) groups is 3. The topological polar surface area (TPSA) is 76.8 Å². The molecule has 0 atom stereocenters. The van der Waals surface area contributed by atoms with Gasteiger partial charge in [-0.1, -0.05) is 42.5 Å². The third kappa shape index (κ3) is 4.62. The van der Waals surface area contributed by atoms with Crippen LogP contribution in [-0.4, -0.2) is 28.6 Å². The van der Waals surface area contributed by atoms with Gasteiger partial charge in [0.25, 0.3) is 11.1 Å². The van der Waals surface area contributed by atoms with E-state index in [0.717, 1.165) is 22.9 Å². The van der Waals surface area contributed by atoms with Crippen LogP contribution >= 0.6 is 11.8 Å². The van der Waals surface area contributed by atoms with Crippen molar-refractivity contribution in [3.8, 4) is 11.3 Å². The maximum Gasteiger partial charge on any atom is 0.338 e. The van der Waals surface area contributed by atoms with Gasteiger partial charge >= 0.3 is 5.97 Å². The molecule has 2 heterocycles. The Balaban J connectivity index is 1.48. The Morgan fingerprint density at radius 3 is 2.48 bits per heavy atom. The summed E-state index contributed by atoms with van der Waals surface area (Å²) in [5, 5.41) is -0.304. The molecule has 0 N–H and O–H groups in total. The van der Waals surface area contributed by atoms with Gasteiger partial charge in [-0.05, 0) is 48.5 Å². The highest BCUT2D eigenvalue weighted by molar-refractivity contribution is 8.18. The lowest BCUT2D eigenvalue weighted by Crippen LogP contribution is -2.27. The number of furan rings is 1. The molecule has 0 saturated carbocycles. The van der Waals surface area contributed by atoms with E-state index in [1.54, 1.807) is 49.4 Å². The third-order valence-corrected chi connectivity index (χ3v) is 5.55. The van der Waals surface area contributed by atoms with Crippen molar-refractivity contribution in [3.63, 3.8) is 0 Å². The Hall–Kier alpha value is -3.58. The molecule has 156 valence electrons. The highest BCUT2D eigenvalue weighted by atomic mass is 32.2. The highest BCUT2D eigenvalue weighted by Gasteiger charge is 2.35. The van der Waals surface area contributed by atoms with Crippen molar-refractivity contribution in [3.05, 3.63) is 88.5 Å². The zero-order chi connectivity index (χ0) is 21.8. The van der Waals surface area contributed by atoms with Crippen molar-refractivity contribution in [1.82, 2.24) is 4.90 Å². The van der Waals surface area contributed by atoms with E-state index in [9.17, 15) is 14.4 Å². The van der Waals surface area contributed by atoms with Crippen LogP contribution in [0.25, 0.3) is 17.4 Å². The Bertz CT molecular complexity index is 1150. The van der Waals surface area contributed by atoms with E-state index in [1.807, 2.05) is 30.3 Å². The lowest BCUT2D eigenvalue weighted by atomic mass is 10.1. The molecule has 0 bridgehead atoms. The zero-order valence-corrected chi connectivity index (χ0v) is 17.6. The van der Waals surface area contributed by atoms with Crippen molar-refractivity contribution in [2.45, 2.75) is 13.5 Å². The summed E-state index contributed by atoms with van der Waals surface area (Å²) in [7, 11) is 0. The predicted octanol–water partition coefficient (Wildman–Crippen LogP) is 5.36. The summed E-state index contributed by atoms with van der Waals surface area (Å²) in [5.74, 6) is 0.343. The molecule has 2 aromatic carbocycles. The molecule has 0 aliphatic carbocycles. The first-order valence-corrected chi connectivity index (χ1v) is 10.5. The molecule has 1 aliphatic heterocycles. The molecule has 0 unspecified atom stereocenters. The molecule has 2 amide bonds. The van der Waals surface area contributed by atoms with Gasteiger partial charge in [0, 0.05) is 11.6 Å². The van der Waals surface area contributed by atoms with E-state index in [2.05, 4.69) is 0 Å². The largest absolute Gasteiger partial charge is 0.462 e. The minimum absolute atomic E-state index is 0.235. The second-order valence-electron chi connectivity index (χ2n) is 6.75. The van der Waals surface area contributed by atoms with Crippen molar-refractivity contribution >= 4 is 35.0 Å². The van der Waals surface area contributed by atoms with Crippen LogP contribution in [0.2, 0.25) is 0 Å². The molecule has 6 nitrogen and oxygen atoms in total. The van der Waals surface area contributed by atoms with Crippen molar-refractivity contribution in [1.29, 1.82) is 0 Å². The van der Waals surface area contributed by atoms with Gasteiger partial charge in [-0.2, -0.15) is 0 Å². The highest BCUT2D eigenvalue weighted by Crippen LogP contribution is 2.34. The number of esters is 1. The number of thioether (sulfide) groups is 1. The van der Waals surface area contributed by atoms with Gasteiger partial charge < -0.3 is 9.15 Å². The van der Waals surface area contributed by atoms with E-state index in [0.29, 0.717) is 28.6 Å². The third-order valence-electron chi connectivity index (χ3n) is 4.64. The number of rotatable bonds is 6. The molecular formula is C24H19NO5S. The fourth-order valence-electron chi connectivity index (χ4n) is 3.10. The summed E-state index contributed by atoms with van der Waals surface area (Å²) >= 11 is 0.898. The summed E-state index contributed by atoms with van der Waals surface area (Å²) in [6.45, 7) is 2.31. The molecule has 0 radical (unpaired) electrons. The number of imide groups is 1. The van der Waals surface area contributed by atoms with Gasteiger partial charge in [-0.3, -0.25) is 14.5 Å². The van der Waals surface area contributed by atoms with Crippen LogP contribution in [0.15, 0.2) is 76.1 Å². The summed E-state index contributed by atoms with van der Waals surface area (Å²) in [6.07, 6.45) is 1.58. The van der Waals surface area contributed by atoms with E-state index < -0.39 is 0 Å². The van der Waals surface area contributed by atoms with Gasteiger partial charge in [0.2, 0.25) is 0 Å². The normalized spacial score (nSPS) is 15.0. The number of hydrogen-bond donors (Lipinski definition) is 0. The number of nitrogens with zero attached hydrogens (tertiary/aromatic N) is 1. The number of ether oxygens (including phenoxy) is 1. The summed E-state index contributed by atoms with van der Waals surface area (Å²) in [4.78, 5) is 38.3. The lowest BCUT2D eigenvalue weighted by molar-refractivity contribution is -0.123. The van der Waals surface area contributed by atoms with Gasteiger partial charge in [-0.15, -0.1) is 0 Å². The Morgan fingerprint density at radius 2 is 1.77 bits per heavy atom. The average Bonchev–Trinajstić information content (AvgIpc) is 3.35. The number of carbonyl (C=O) groups excluding carboxylic acids is 3. The summed E-state index contributed by atoms with van der Waals surface area (Å²) in [6, 6.07) is 19.8. The molecule has 3 aromatic rings. The van der Waals surface area contributed by atoms with Gasteiger partial charge in [0.15, 0.2) is 0 Å². The Morgan fingerprint density at radius 1 is 1.03 bits per heavy atom. The first-order valence-electron chi connectivity index (χ1n) is 9.72. The van der Waals surface area contributed by atoms with Crippen molar-refractivity contribution in [2.24, 2.45) is 0 Å². The Labute approximate surface area is 183 Å². The van der Waals surface area contributed by atoms with Crippen LogP contribution in [0.4, 0.5) is 4.79 Å². The zero-order valence-electron chi connectivity index (χ0n) is 16.7. The number of hydrogen-bond acceptors (Lipinski definition) is 6. The van der Waals surface area contributed by atoms with Gasteiger partial charge in [-0.25, -0.2) is 4.79 Å². The first kappa shape index (κ1) is 20.7. The second kappa shape index (κ2) is 9.06. The fourth-order valence-corrected chi connectivity index (χ4v) is 3.92. The maximum absolute atomic E-state index is 12.7. The van der Waals surface area contributed by atoms with Crippen LogP contribution in [0, 0.1) is 0 Å². The molecule has 1 saturated heterocycles. The monoisotopic (exact) mass is 433 g/mol. The predicted molar refractivity (Wildman–Crippen MR) is 118 cm³/mol. The van der Waals surface area contributed by atoms with Crippen LogP contribution < -0.4 is 0 Å². The molecule has 1 fully saturated rings. The van der Waals surface area contributed by atoms with E-state index >= 15 is 0 Å². The second-order valence-corrected chi connectivity index (χ2v) is 7.75. The standard InChI is InChI=1S/C24H19NO5S/c1-2-29-23(27)18-10-8-17(9-11-18)20-13-12-19(30-20)14-21-22(26)25(24(28)31-21)15-16-6-4-3-5-7-16/h3-14H,2,15H2,1H3/b21-14+. The average molecular weight is 433 g/mol. The molecule has 7 heteroatoms. The van der Waals surface area contributed by atoms with Gasteiger partial charge in [0.05, 0.1) is 23.6 Å². The molecule has 31 heavy (non-hydrogen) atoms. The van der Waals surface area contributed by atoms with Crippen LogP contribution in [0.1, 0.15) is 28.6 Å². The Kier molecular flexibility index (Phi) is 6.04. The lowest BCUT2D eigenvalue weighted by Gasteiger charge is -2.11. The van der Waals surface area contributed by atoms with E-state index in [1.165, 1.54) is 4.90 Å².